The minimum Gasteiger partial charge on any atom is -0.344 e. The van der Waals surface area contributed by atoms with Crippen LogP contribution in [0.25, 0.3) is 0 Å². The lowest BCUT2D eigenvalue weighted by atomic mass is 10.00. The second-order valence-electron chi connectivity index (χ2n) is 4.48. The zero-order chi connectivity index (χ0) is 14.8. The van der Waals surface area contributed by atoms with E-state index in [-0.39, 0.29) is 0 Å². The Morgan fingerprint density at radius 1 is 1.26 bits per heavy atom. The van der Waals surface area contributed by atoms with Crippen LogP contribution in [0, 0.1) is 13.8 Å². The number of hydrogen-bond acceptors (Lipinski definition) is 1. The number of amides is 1. The second kappa shape index (κ2) is 5.59. The molecule has 0 aromatic heterocycles. The number of carbonyl (C=O) groups is 1. The highest BCUT2D eigenvalue weighted by Gasteiger charge is 2.49. The van der Waals surface area contributed by atoms with Gasteiger partial charge in [-0.2, -0.15) is 8.78 Å². The highest BCUT2D eigenvalue weighted by molar-refractivity contribution is 5.84. The Morgan fingerprint density at radius 3 is 2.37 bits per heavy atom. The molecule has 0 saturated heterocycles. The molecule has 0 bridgehead atoms. The molecule has 0 aliphatic rings. The van der Waals surface area contributed by atoms with E-state index in [0.717, 1.165) is 11.1 Å². The summed E-state index contributed by atoms with van der Waals surface area (Å²) in [7, 11) is 0. The molecule has 0 spiro atoms. The molecule has 1 N–H and O–H groups in total. The molecule has 1 unspecified atom stereocenters. The number of benzene rings is 1. The molecule has 1 aromatic rings. The van der Waals surface area contributed by atoms with Gasteiger partial charge in [0.25, 0.3) is 5.91 Å². The third-order valence-corrected chi connectivity index (χ3v) is 2.83. The molecule has 0 fully saturated rings. The maximum Gasteiger partial charge on any atom is 0.383 e. The van der Waals surface area contributed by atoms with Gasteiger partial charge in [0, 0.05) is 0 Å². The molecule has 1 aromatic carbocycles. The van der Waals surface area contributed by atoms with Crippen LogP contribution in [0.2, 0.25) is 0 Å². The number of carbonyl (C=O) groups excluding carboxylic acids is 1. The van der Waals surface area contributed by atoms with Crippen LogP contribution in [0.4, 0.5) is 17.6 Å². The van der Waals surface area contributed by atoms with Gasteiger partial charge in [0.1, 0.15) is 0 Å². The van der Waals surface area contributed by atoms with Crippen molar-refractivity contribution in [3.05, 3.63) is 34.9 Å². The molecule has 0 saturated carbocycles. The summed E-state index contributed by atoms with van der Waals surface area (Å²) in [5.41, 5.74) is 2.31. The molecule has 0 aliphatic heterocycles. The molecule has 1 amide bonds. The quantitative estimate of drug-likeness (QED) is 0.840. The molecule has 19 heavy (non-hydrogen) atoms. The van der Waals surface area contributed by atoms with E-state index in [1.165, 1.54) is 6.92 Å². The monoisotopic (exact) mass is 277 g/mol. The molecular weight excluding hydrogens is 262 g/mol. The van der Waals surface area contributed by atoms with Crippen molar-refractivity contribution in [1.29, 1.82) is 0 Å². The number of halogens is 4. The largest absolute Gasteiger partial charge is 0.383 e. The molecule has 6 heteroatoms. The van der Waals surface area contributed by atoms with Crippen LogP contribution < -0.4 is 5.32 Å². The number of nitrogens with one attached hydrogen (secondary N) is 1. The topological polar surface area (TPSA) is 29.1 Å². The smallest absolute Gasteiger partial charge is 0.344 e. The Hall–Kier alpha value is -1.59. The van der Waals surface area contributed by atoms with Crippen molar-refractivity contribution in [2.75, 3.05) is 0 Å². The number of rotatable bonds is 4. The van der Waals surface area contributed by atoms with E-state index >= 15 is 0 Å². The maximum atomic E-state index is 12.8. The van der Waals surface area contributed by atoms with Gasteiger partial charge in [-0.1, -0.05) is 23.8 Å². The van der Waals surface area contributed by atoms with Gasteiger partial charge in [0.15, 0.2) is 0 Å². The maximum absolute atomic E-state index is 12.8. The summed E-state index contributed by atoms with van der Waals surface area (Å²) in [4.78, 5) is 11.1. The van der Waals surface area contributed by atoms with Crippen LogP contribution in [0.5, 0.6) is 0 Å². The van der Waals surface area contributed by atoms with Crippen LogP contribution in [-0.2, 0) is 4.79 Å². The molecule has 1 atom stereocenters. The first-order valence-corrected chi connectivity index (χ1v) is 5.70. The Labute approximate surface area is 108 Å². The van der Waals surface area contributed by atoms with E-state index in [1.807, 2.05) is 18.3 Å². The lowest BCUT2D eigenvalue weighted by molar-refractivity contribution is -0.170. The predicted octanol–water partition coefficient (Wildman–Crippen LogP) is 3.38. The van der Waals surface area contributed by atoms with Gasteiger partial charge in [-0.05, 0) is 31.9 Å². The fraction of sp³-hybridized carbons (Fsp3) is 0.462. The molecule has 0 radical (unpaired) electrons. The molecule has 0 aliphatic carbocycles. The summed E-state index contributed by atoms with van der Waals surface area (Å²) in [6.45, 7) is 5.04. The summed E-state index contributed by atoms with van der Waals surface area (Å²) in [5.74, 6) is -6.64. The van der Waals surface area contributed by atoms with Crippen molar-refractivity contribution >= 4 is 5.91 Å². The highest BCUT2D eigenvalue weighted by atomic mass is 19.3. The molecule has 1 rings (SSSR count). The average molecular weight is 277 g/mol. The Bertz CT molecular complexity index is 474. The zero-order valence-corrected chi connectivity index (χ0v) is 10.8. The van der Waals surface area contributed by atoms with E-state index < -0.39 is 24.3 Å². The molecule has 0 heterocycles. The third-order valence-electron chi connectivity index (χ3n) is 2.83. The van der Waals surface area contributed by atoms with E-state index in [0.29, 0.717) is 5.56 Å². The highest BCUT2D eigenvalue weighted by Crippen LogP contribution is 2.25. The van der Waals surface area contributed by atoms with Gasteiger partial charge in [-0.3, -0.25) is 4.79 Å². The van der Waals surface area contributed by atoms with E-state index in [2.05, 4.69) is 0 Å². The Morgan fingerprint density at radius 2 is 1.84 bits per heavy atom. The van der Waals surface area contributed by atoms with Crippen molar-refractivity contribution in [2.45, 2.75) is 39.2 Å². The van der Waals surface area contributed by atoms with Crippen molar-refractivity contribution in [3.8, 4) is 0 Å². The average Bonchev–Trinajstić information content (AvgIpc) is 2.31. The lowest BCUT2D eigenvalue weighted by Crippen LogP contribution is -2.46. The van der Waals surface area contributed by atoms with Crippen LogP contribution in [-0.4, -0.2) is 18.3 Å². The van der Waals surface area contributed by atoms with Crippen LogP contribution >= 0.6 is 0 Å². The van der Waals surface area contributed by atoms with Gasteiger partial charge in [0.05, 0.1) is 6.04 Å². The number of alkyl halides is 4. The lowest BCUT2D eigenvalue weighted by Gasteiger charge is -2.21. The van der Waals surface area contributed by atoms with Gasteiger partial charge >= 0.3 is 12.3 Å². The molecule has 106 valence electrons. The van der Waals surface area contributed by atoms with Crippen LogP contribution in [0.15, 0.2) is 18.2 Å². The third kappa shape index (κ3) is 3.45. The predicted molar refractivity (Wildman–Crippen MR) is 63.4 cm³/mol. The summed E-state index contributed by atoms with van der Waals surface area (Å²) in [5, 5.41) is 1.92. The van der Waals surface area contributed by atoms with E-state index in [1.54, 1.807) is 19.1 Å². The minimum absolute atomic E-state index is 0.624. The minimum atomic E-state index is -4.67. The van der Waals surface area contributed by atoms with Gasteiger partial charge in [-0.15, -0.1) is 0 Å². The summed E-state index contributed by atoms with van der Waals surface area (Å²) in [6.07, 6.45) is -4.02. The molecule has 2 nitrogen and oxygen atoms in total. The normalized spacial score (nSPS) is 13.5. The second-order valence-corrected chi connectivity index (χ2v) is 4.48. The van der Waals surface area contributed by atoms with Crippen molar-refractivity contribution in [3.63, 3.8) is 0 Å². The first kappa shape index (κ1) is 15.5. The van der Waals surface area contributed by atoms with Crippen molar-refractivity contribution in [1.82, 2.24) is 5.32 Å². The summed E-state index contributed by atoms with van der Waals surface area (Å²) in [6, 6.07) is 4.57. The van der Waals surface area contributed by atoms with E-state index in [4.69, 9.17) is 0 Å². The van der Waals surface area contributed by atoms with Crippen molar-refractivity contribution in [2.24, 2.45) is 0 Å². The fourth-order valence-electron chi connectivity index (χ4n) is 1.70. The number of hydrogen-bond donors (Lipinski definition) is 1. The standard InChI is InChI=1S/C13H15F4NO/c1-7-4-5-8(2)10(6-7)9(3)18-12(19)13(16,17)11(14)15/h4-6,9,11H,1-3H3,(H,18,19). The first-order valence-electron chi connectivity index (χ1n) is 5.70. The van der Waals surface area contributed by atoms with E-state index in [9.17, 15) is 22.4 Å². The summed E-state index contributed by atoms with van der Waals surface area (Å²) >= 11 is 0. The fourth-order valence-corrected chi connectivity index (χ4v) is 1.70. The Kier molecular flexibility index (Phi) is 4.55. The van der Waals surface area contributed by atoms with Gasteiger partial charge in [0.2, 0.25) is 0 Å². The van der Waals surface area contributed by atoms with Crippen LogP contribution in [0.1, 0.15) is 29.7 Å². The number of aryl methyl sites for hydroxylation is 2. The van der Waals surface area contributed by atoms with Gasteiger partial charge < -0.3 is 5.32 Å². The first-order chi connectivity index (χ1) is 8.66. The summed E-state index contributed by atoms with van der Waals surface area (Å²) < 4.78 is 49.8. The SMILES string of the molecule is Cc1ccc(C)c(C(C)NC(=O)C(F)(F)C(F)F)c1. The van der Waals surface area contributed by atoms with Crippen LogP contribution in [0.3, 0.4) is 0 Å². The van der Waals surface area contributed by atoms with Gasteiger partial charge in [-0.25, -0.2) is 8.78 Å². The van der Waals surface area contributed by atoms with Crippen molar-refractivity contribution < 1.29 is 22.4 Å². The zero-order valence-electron chi connectivity index (χ0n) is 10.8. The molecular formula is C13H15F4NO. The Balaban J connectivity index is 2.88.